The number of rotatable bonds is 10. The van der Waals surface area contributed by atoms with Gasteiger partial charge < -0.3 is 19.9 Å². The van der Waals surface area contributed by atoms with Gasteiger partial charge in [0.1, 0.15) is 11.6 Å². The van der Waals surface area contributed by atoms with Gasteiger partial charge in [0.2, 0.25) is 5.91 Å². The van der Waals surface area contributed by atoms with Crippen LogP contribution < -0.4 is 15.4 Å². The fraction of sp³-hybridized carbons (Fsp3) is 0.304. The third kappa shape index (κ3) is 6.10. The van der Waals surface area contributed by atoms with Gasteiger partial charge >= 0.3 is 0 Å². The summed E-state index contributed by atoms with van der Waals surface area (Å²) in [6, 6.07) is 14.6. The number of hydrogen-bond donors (Lipinski definition) is 2. The molecule has 0 radical (unpaired) electrons. The molecule has 2 N–H and O–H groups in total. The van der Waals surface area contributed by atoms with E-state index in [-0.39, 0.29) is 17.6 Å². The molecule has 0 fully saturated rings. The fourth-order valence-electron chi connectivity index (χ4n) is 3.09. The number of methoxy groups -OCH3 is 1. The zero-order valence-corrected chi connectivity index (χ0v) is 19.2. The van der Waals surface area contributed by atoms with Crippen LogP contribution in [0.15, 0.2) is 53.7 Å². The van der Waals surface area contributed by atoms with E-state index < -0.39 is 0 Å². The summed E-state index contributed by atoms with van der Waals surface area (Å²) in [5, 5.41) is 15.0. The molecule has 1 aromatic heterocycles. The minimum Gasteiger partial charge on any atom is -0.497 e. The van der Waals surface area contributed by atoms with Crippen molar-refractivity contribution in [3.05, 3.63) is 65.5 Å². The van der Waals surface area contributed by atoms with Crippen molar-refractivity contribution in [3.63, 3.8) is 0 Å². The van der Waals surface area contributed by atoms with Crippen LogP contribution in [0.3, 0.4) is 0 Å². The third-order valence-corrected chi connectivity index (χ3v) is 5.81. The topological polar surface area (TPSA) is 98.1 Å². The van der Waals surface area contributed by atoms with Crippen LogP contribution in [-0.4, -0.2) is 46.0 Å². The number of amides is 2. The quantitative estimate of drug-likeness (QED) is 0.457. The summed E-state index contributed by atoms with van der Waals surface area (Å²) in [5.74, 6) is 1.46. The van der Waals surface area contributed by atoms with E-state index in [0.29, 0.717) is 36.0 Å². The first kappa shape index (κ1) is 23.3. The highest BCUT2D eigenvalue weighted by Gasteiger charge is 2.14. The number of hydrogen-bond acceptors (Lipinski definition) is 6. The van der Waals surface area contributed by atoms with Crippen molar-refractivity contribution in [2.45, 2.75) is 32.0 Å². The summed E-state index contributed by atoms with van der Waals surface area (Å²) >= 11 is 1.34. The Hall–Kier alpha value is -3.33. The second kappa shape index (κ2) is 11.3. The number of benzene rings is 2. The van der Waals surface area contributed by atoms with Crippen LogP contribution in [0, 0.1) is 6.92 Å². The third-order valence-electron chi connectivity index (χ3n) is 4.85. The number of ether oxygens (including phenoxy) is 1. The number of aryl methyl sites for hydroxylation is 1. The van der Waals surface area contributed by atoms with E-state index in [9.17, 15) is 9.59 Å². The number of thioether (sulfide) groups is 1. The lowest BCUT2D eigenvalue weighted by Gasteiger charge is -2.09. The van der Waals surface area contributed by atoms with Crippen LogP contribution in [0.4, 0.5) is 5.69 Å². The van der Waals surface area contributed by atoms with Crippen LogP contribution in [0.5, 0.6) is 5.75 Å². The molecule has 2 amide bonds. The van der Waals surface area contributed by atoms with Gasteiger partial charge in [-0.2, -0.15) is 0 Å². The van der Waals surface area contributed by atoms with Crippen molar-refractivity contribution >= 4 is 29.3 Å². The minimum atomic E-state index is -0.155. The molecule has 0 saturated carbocycles. The summed E-state index contributed by atoms with van der Waals surface area (Å²) in [5.41, 5.74) is 2.39. The average Bonchev–Trinajstić information content (AvgIpc) is 3.21. The van der Waals surface area contributed by atoms with Gasteiger partial charge in [-0.05, 0) is 49.7 Å². The molecule has 0 unspecified atom stereocenters. The molecule has 3 rings (SSSR count). The van der Waals surface area contributed by atoms with Crippen molar-refractivity contribution in [2.24, 2.45) is 0 Å². The standard InChI is InChI=1S/C23H27N5O3S/c1-4-28-20(13-14-24-22(30)17-9-11-18(31-3)12-10-17)26-27-23(28)32-15-21(29)25-19-8-6-5-7-16(19)2/h5-12H,4,13-15H2,1-3H3,(H,24,30)(H,25,29). The van der Waals surface area contributed by atoms with Gasteiger partial charge in [0.15, 0.2) is 5.16 Å². The Balaban J connectivity index is 1.51. The number of nitrogens with one attached hydrogen (secondary N) is 2. The zero-order chi connectivity index (χ0) is 22.9. The predicted octanol–water partition coefficient (Wildman–Crippen LogP) is 3.32. The average molecular weight is 454 g/mol. The molecule has 0 bridgehead atoms. The van der Waals surface area contributed by atoms with Crippen molar-refractivity contribution in [1.29, 1.82) is 0 Å². The smallest absolute Gasteiger partial charge is 0.251 e. The highest BCUT2D eigenvalue weighted by atomic mass is 32.2. The molecule has 2 aromatic carbocycles. The Morgan fingerprint density at radius 3 is 2.53 bits per heavy atom. The van der Waals surface area contributed by atoms with Gasteiger partial charge in [-0.1, -0.05) is 30.0 Å². The fourth-order valence-corrected chi connectivity index (χ4v) is 3.91. The maximum atomic E-state index is 12.3. The summed E-state index contributed by atoms with van der Waals surface area (Å²) in [6.45, 7) is 5.06. The van der Waals surface area contributed by atoms with Gasteiger partial charge in [-0.15, -0.1) is 10.2 Å². The molecule has 8 nitrogen and oxygen atoms in total. The lowest BCUT2D eigenvalue weighted by Crippen LogP contribution is -2.26. The van der Waals surface area contributed by atoms with Gasteiger partial charge in [0.05, 0.1) is 12.9 Å². The lowest BCUT2D eigenvalue weighted by molar-refractivity contribution is -0.113. The number of carbonyl (C=O) groups is 2. The first-order valence-corrected chi connectivity index (χ1v) is 11.3. The molecule has 0 aliphatic rings. The van der Waals surface area contributed by atoms with E-state index in [0.717, 1.165) is 17.1 Å². The summed E-state index contributed by atoms with van der Waals surface area (Å²) in [7, 11) is 1.59. The predicted molar refractivity (Wildman–Crippen MR) is 125 cm³/mol. The molecule has 3 aromatic rings. The number of anilines is 1. The SMILES string of the molecule is CCn1c(CCNC(=O)c2ccc(OC)cc2)nnc1SCC(=O)Nc1ccccc1C. The van der Waals surface area contributed by atoms with Gasteiger partial charge in [-0.3, -0.25) is 9.59 Å². The van der Waals surface area contributed by atoms with E-state index >= 15 is 0 Å². The van der Waals surface area contributed by atoms with E-state index in [1.54, 1.807) is 31.4 Å². The molecule has 0 saturated heterocycles. The number of nitrogens with zero attached hydrogens (tertiary/aromatic N) is 3. The van der Waals surface area contributed by atoms with E-state index in [2.05, 4.69) is 20.8 Å². The zero-order valence-electron chi connectivity index (χ0n) is 18.4. The Bertz CT molecular complexity index is 1070. The van der Waals surface area contributed by atoms with Crippen LogP contribution in [0.25, 0.3) is 0 Å². The molecular weight excluding hydrogens is 426 g/mol. The number of aromatic nitrogens is 3. The highest BCUT2D eigenvalue weighted by Crippen LogP contribution is 2.19. The second-order valence-corrected chi connectivity index (χ2v) is 7.97. The summed E-state index contributed by atoms with van der Waals surface area (Å²) in [6.07, 6.45) is 0.540. The largest absolute Gasteiger partial charge is 0.497 e. The number of carbonyl (C=O) groups excluding carboxylic acids is 2. The normalized spacial score (nSPS) is 10.6. The maximum Gasteiger partial charge on any atom is 0.251 e. The summed E-state index contributed by atoms with van der Waals surface area (Å²) in [4.78, 5) is 24.6. The maximum absolute atomic E-state index is 12.3. The Morgan fingerprint density at radius 2 is 1.84 bits per heavy atom. The first-order valence-electron chi connectivity index (χ1n) is 10.3. The Kier molecular flexibility index (Phi) is 8.27. The first-order chi connectivity index (χ1) is 15.5. The minimum absolute atomic E-state index is 0.0942. The molecule has 32 heavy (non-hydrogen) atoms. The highest BCUT2D eigenvalue weighted by molar-refractivity contribution is 7.99. The molecule has 9 heteroatoms. The van der Waals surface area contributed by atoms with Gasteiger partial charge in [0, 0.05) is 30.8 Å². The second-order valence-electron chi connectivity index (χ2n) is 7.03. The molecule has 168 valence electrons. The van der Waals surface area contributed by atoms with Crippen molar-refractivity contribution in [1.82, 2.24) is 20.1 Å². The lowest BCUT2D eigenvalue weighted by atomic mass is 10.2. The Labute approximate surface area is 191 Å². The van der Waals surface area contributed by atoms with E-state index in [4.69, 9.17) is 4.74 Å². The van der Waals surface area contributed by atoms with Crippen molar-refractivity contribution in [3.8, 4) is 5.75 Å². The van der Waals surface area contributed by atoms with E-state index in [1.807, 2.05) is 42.7 Å². The van der Waals surface area contributed by atoms with Crippen LogP contribution in [0.1, 0.15) is 28.7 Å². The molecule has 0 atom stereocenters. The molecule has 0 aliphatic carbocycles. The monoisotopic (exact) mass is 453 g/mol. The van der Waals surface area contributed by atoms with Crippen LogP contribution in [-0.2, 0) is 17.8 Å². The van der Waals surface area contributed by atoms with Gasteiger partial charge in [-0.25, -0.2) is 0 Å². The van der Waals surface area contributed by atoms with E-state index in [1.165, 1.54) is 11.8 Å². The molecular formula is C23H27N5O3S. The summed E-state index contributed by atoms with van der Waals surface area (Å²) < 4.78 is 7.07. The van der Waals surface area contributed by atoms with Crippen LogP contribution in [0.2, 0.25) is 0 Å². The molecule has 0 spiro atoms. The van der Waals surface area contributed by atoms with Gasteiger partial charge in [0.25, 0.3) is 5.91 Å². The Morgan fingerprint density at radius 1 is 1.09 bits per heavy atom. The van der Waals surface area contributed by atoms with Crippen LogP contribution >= 0.6 is 11.8 Å². The van der Waals surface area contributed by atoms with Crippen molar-refractivity contribution < 1.29 is 14.3 Å². The molecule has 1 heterocycles. The number of para-hydroxylation sites is 1. The molecule has 0 aliphatic heterocycles. The van der Waals surface area contributed by atoms with Crippen molar-refractivity contribution in [2.75, 3.05) is 24.7 Å².